The van der Waals surface area contributed by atoms with E-state index in [0.29, 0.717) is 11.8 Å². The Morgan fingerprint density at radius 2 is 1.62 bits per heavy atom. The number of anilines is 1. The predicted molar refractivity (Wildman–Crippen MR) is 115 cm³/mol. The Kier molecular flexibility index (Phi) is 7.24. The van der Waals surface area contributed by atoms with Gasteiger partial charge in [-0.2, -0.15) is 13.2 Å². The number of hydrogen-bond donors (Lipinski definition) is 1. The van der Waals surface area contributed by atoms with Gasteiger partial charge in [-0.3, -0.25) is 4.79 Å². The van der Waals surface area contributed by atoms with Crippen LogP contribution in [0.25, 0.3) is 0 Å². The molecule has 0 atom stereocenters. The average molecular weight is 476 g/mol. The molecule has 0 aliphatic heterocycles. The molecule has 2 aromatic carbocycles. The van der Waals surface area contributed by atoms with Crippen molar-refractivity contribution in [3.63, 3.8) is 0 Å². The molecule has 0 bridgehead atoms. The van der Waals surface area contributed by atoms with Crippen molar-refractivity contribution in [3.8, 4) is 23.0 Å². The third-order valence-corrected chi connectivity index (χ3v) is 4.56. The fourth-order valence-electron chi connectivity index (χ4n) is 2.84. The second kappa shape index (κ2) is 10.1. The molecule has 1 amide bonds. The molecule has 0 aliphatic rings. The van der Waals surface area contributed by atoms with E-state index in [0.717, 1.165) is 12.1 Å². The second-order valence-corrected chi connectivity index (χ2v) is 6.71. The van der Waals surface area contributed by atoms with Crippen molar-refractivity contribution in [1.29, 1.82) is 0 Å². The molecule has 0 spiro atoms. The van der Waals surface area contributed by atoms with E-state index in [1.54, 1.807) is 6.07 Å². The molecule has 0 fully saturated rings. The van der Waals surface area contributed by atoms with Gasteiger partial charge in [0.15, 0.2) is 11.5 Å². The number of pyridine rings is 1. The van der Waals surface area contributed by atoms with Gasteiger partial charge in [0.05, 0.1) is 44.3 Å². The highest BCUT2D eigenvalue weighted by Crippen LogP contribution is 2.38. The highest BCUT2D eigenvalue weighted by molar-refractivity contribution is 6.06. The Morgan fingerprint density at radius 3 is 2.21 bits per heavy atom. The Balaban J connectivity index is 1.96. The normalized spacial score (nSPS) is 10.9. The van der Waals surface area contributed by atoms with E-state index in [2.05, 4.69) is 15.0 Å². The number of benzene rings is 2. The van der Waals surface area contributed by atoms with Gasteiger partial charge < -0.3 is 24.3 Å². The molecule has 0 unspecified atom stereocenters. The van der Waals surface area contributed by atoms with Crippen molar-refractivity contribution in [3.05, 3.63) is 71.5 Å². The Morgan fingerprint density at radius 1 is 0.882 bits per heavy atom. The fourth-order valence-corrected chi connectivity index (χ4v) is 2.84. The number of esters is 1. The molecule has 0 radical (unpaired) electrons. The Labute approximate surface area is 192 Å². The number of halogens is 3. The summed E-state index contributed by atoms with van der Waals surface area (Å²) in [7, 11) is 4.03. The molecule has 1 N–H and O–H groups in total. The lowest BCUT2D eigenvalue weighted by molar-refractivity contribution is -0.137. The zero-order chi connectivity index (χ0) is 24.9. The first kappa shape index (κ1) is 24.4. The fraction of sp³-hybridized carbons (Fsp3) is 0.174. The summed E-state index contributed by atoms with van der Waals surface area (Å²) in [6.45, 7) is 0. The molecular formula is C23H19F3N2O6. The van der Waals surface area contributed by atoms with Crippen LogP contribution in [-0.2, 0) is 10.9 Å². The Hall–Kier alpha value is -4.28. The van der Waals surface area contributed by atoms with E-state index in [1.807, 2.05) is 0 Å². The Bertz CT molecular complexity index is 1200. The minimum Gasteiger partial charge on any atom is -0.497 e. The summed E-state index contributed by atoms with van der Waals surface area (Å²) in [6.07, 6.45) is -3.51. The molecule has 11 heteroatoms. The summed E-state index contributed by atoms with van der Waals surface area (Å²) in [5.41, 5.74) is -1.28. The van der Waals surface area contributed by atoms with Gasteiger partial charge in [0.2, 0.25) is 0 Å². The third-order valence-electron chi connectivity index (χ3n) is 4.56. The quantitative estimate of drug-likeness (QED) is 0.482. The molecule has 34 heavy (non-hydrogen) atoms. The van der Waals surface area contributed by atoms with Gasteiger partial charge in [0, 0.05) is 6.07 Å². The van der Waals surface area contributed by atoms with Crippen LogP contribution in [0.3, 0.4) is 0 Å². The molecule has 3 aromatic rings. The van der Waals surface area contributed by atoms with Crippen LogP contribution < -0.4 is 19.5 Å². The summed E-state index contributed by atoms with van der Waals surface area (Å²) in [6, 6.07) is 9.76. The first-order valence-corrected chi connectivity index (χ1v) is 9.63. The standard InChI is InChI=1S/C23H19F3N2O6/c1-31-15-6-9-19(20(11-15)32-2)34-18-8-4-13(23(24,25)26)10-16(18)21(29)28-14-5-7-17(27-12-14)22(30)33-3/h4-12H,1-3H3,(H,28,29). The molecule has 0 saturated carbocycles. The summed E-state index contributed by atoms with van der Waals surface area (Å²) < 4.78 is 60.6. The van der Waals surface area contributed by atoms with Crippen molar-refractivity contribution < 1.29 is 41.7 Å². The van der Waals surface area contributed by atoms with Crippen LogP contribution in [0.15, 0.2) is 54.7 Å². The topological polar surface area (TPSA) is 96.0 Å². The number of carbonyl (C=O) groups excluding carboxylic acids is 2. The molecule has 1 aromatic heterocycles. The number of alkyl halides is 3. The van der Waals surface area contributed by atoms with Gasteiger partial charge in [-0.05, 0) is 42.5 Å². The number of methoxy groups -OCH3 is 3. The second-order valence-electron chi connectivity index (χ2n) is 6.71. The number of aromatic nitrogens is 1. The summed E-state index contributed by atoms with van der Waals surface area (Å²) in [5.74, 6) is -0.846. The molecule has 0 aliphatic carbocycles. The number of carbonyl (C=O) groups is 2. The number of nitrogens with one attached hydrogen (secondary N) is 1. The maximum Gasteiger partial charge on any atom is 0.416 e. The van der Waals surface area contributed by atoms with Crippen LogP contribution in [0.4, 0.5) is 18.9 Å². The van der Waals surface area contributed by atoms with Crippen LogP contribution in [-0.4, -0.2) is 38.2 Å². The number of amides is 1. The lowest BCUT2D eigenvalue weighted by atomic mass is 10.1. The van der Waals surface area contributed by atoms with Crippen molar-refractivity contribution in [2.45, 2.75) is 6.18 Å². The van der Waals surface area contributed by atoms with Gasteiger partial charge in [-0.1, -0.05) is 0 Å². The van der Waals surface area contributed by atoms with Gasteiger partial charge in [-0.15, -0.1) is 0 Å². The molecular weight excluding hydrogens is 457 g/mol. The van der Waals surface area contributed by atoms with Crippen molar-refractivity contribution >= 4 is 17.6 Å². The van der Waals surface area contributed by atoms with Crippen LogP contribution in [0.1, 0.15) is 26.4 Å². The highest BCUT2D eigenvalue weighted by Gasteiger charge is 2.32. The smallest absolute Gasteiger partial charge is 0.416 e. The van der Waals surface area contributed by atoms with Gasteiger partial charge in [0.25, 0.3) is 5.91 Å². The minimum absolute atomic E-state index is 0.00445. The first-order chi connectivity index (χ1) is 16.2. The van der Waals surface area contributed by atoms with E-state index in [4.69, 9.17) is 14.2 Å². The predicted octanol–water partition coefficient (Wildman–Crippen LogP) is 4.95. The van der Waals surface area contributed by atoms with Crippen LogP contribution in [0, 0.1) is 0 Å². The average Bonchev–Trinajstić information content (AvgIpc) is 2.83. The zero-order valence-electron chi connectivity index (χ0n) is 18.2. The number of hydrogen-bond acceptors (Lipinski definition) is 7. The largest absolute Gasteiger partial charge is 0.497 e. The van der Waals surface area contributed by atoms with E-state index in [9.17, 15) is 22.8 Å². The summed E-state index contributed by atoms with van der Waals surface area (Å²) >= 11 is 0. The van der Waals surface area contributed by atoms with E-state index in [-0.39, 0.29) is 34.2 Å². The molecule has 3 rings (SSSR count). The minimum atomic E-state index is -4.69. The summed E-state index contributed by atoms with van der Waals surface area (Å²) in [4.78, 5) is 28.3. The highest BCUT2D eigenvalue weighted by atomic mass is 19.4. The van der Waals surface area contributed by atoms with E-state index in [1.165, 1.54) is 51.8 Å². The number of rotatable bonds is 7. The van der Waals surface area contributed by atoms with Crippen LogP contribution in [0.5, 0.6) is 23.0 Å². The van der Waals surface area contributed by atoms with Crippen molar-refractivity contribution in [2.75, 3.05) is 26.6 Å². The van der Waals surface area contributed by atoms with Gasteiger partial charge in [-0.25, -0.2) is 9.78 Å². The maximum atomic E-state index is 13.3. The van der Waals surface area contributed by atoms with Crippen LogP contribution >= 0.6 is 0 Å². The van der Waals surface area contributed by atoms with Crippen LogP contribution in [0.2, 0.25) is 0 Å². The summed E-state index contributed by atoms with van der Waals surface area (Å²) in [5, 5.41) is 2.44. The molecule has 8 nitrogen and oxygen atoms in total. The molecule has 178 valence electrons. The third kappa shape index (κ3) is 5.55. The van der Waals surface area contributed by atoms with Gasteiger partial charge >= 0.3 is 12.1 Å². The van der Waals surface area contributed by atoms with E-state index < -0.39 is 23.6 Å². The van der Waals surface area contributed by atoms with E-state index >= 15 is 0 Å². The number of nitrogens with zero attached hydrogens (tertiary/aromatic N) is 1. The van der Waals surface area contributed by atoms with Gasteiger partial charge in [0.1, 0.15) is 17.2 Å². The lowest BCUT2D eigenvalue weighted by Crippen LogP contribution is -2.16. The monoisotopic (exact) mass is 476 g/mol. The van der Waals surface area contributed by atoms with Crippen molar-refractivity contribution in [2.24, 2.45) is 0 Å². The van der Waals surface area contributed by atoms with Crippen molar-refractivity contribution in [1.82, 2.24) is 4.98 Å². The maximum absolute atomic E-state index is 13.3. The zero-order valence-corrected chi connectivity index (χ0v) is 18.2. The number of ether oxygens (including phenoxy) is 4. The molecule has 1 heterocycles. The first-order valence-electron chi connectivity index (χ1n) is 9.63. The SMILES string of the molecule is COC(=O)c1ccc(NC(=O)c2cc(C(F)(F)F)ccc2Oc2ccc(OC)cc2OC)cn1. The lowest BCUT2D eigenvalue weighted by Gasteiger charge is -2.16. The molecule has 0 saturated heterocycles.